The van der Waals surface area contributed by atoms with Crippen molar-refractivity contribution in [3.8, 4) is 16.9 Å². The van der Waals surface area contributed by atoms with Crippen LogP contribution in [0.5, 0.6) is 5.75 Å². The highest BCUT2D eigenvalue weighted by Crippen LogP contribution is 2.32. The van der Waals surface area contributed by atoms with Crippen LogP contribution in [-0.2, 0) is 16.1 Å². The molecule has 9 heteroatoms. The lowest BCUT2D eigenvalue weighted by Crippen LogP contribution is -2.35. The average molecular weight is 603 g/mol. The molecule has 45 heavy (non-hydrogen) atoms. The Morgan fingerprint density at radius 3 is 2.51 bits per heavy atom. The highest BCUT2D eigenvalue weighted by atomic mass is 16.5. The van der Waals surface area contributed by atoms with Gasteiger partial charge >= 0.3 is 6.09 Å². The number of phenols is 1. The molecule has 4 bridgehead atoms. The van der Waals surface area contributed by atoms with Crippen molar-refractivity contribution in [2.45, 2.75) is 32.4 Å². The summed E-state index contributed by atoms with van der Waals surface area (Å²) in [5.41, 5.74) is 6.20. The Hall–Kier alpha value is -5.57. The van der Waals surface area contributed by atoms with Crippen molar-refractivity contribution in [3.63, 3.8) is 0 Å². The zero-order valence-corrected chi connectivity index (χ0v) is 25.3. The van der Waals surface area contributed by atoms with Crippen LogP contribution in [0.3, 0.4) is 0 Å². The lowest BCUT2D eigenvalue weighted by Gasteiger charge is -2.28. The van der Waals surface area contributed by atoms with E-state index in [0.29, 0.717) is 16.8 Å². The summed E-state index contributed by atoms with van der Waals surface area (Å²) in [6.07, 6.45) is 1.05. The molecule has 2 aliphatic rings. The van der Waals surface area contributed by atoms with Crippen molar-refractivity contribution >= 4 is 34.1 Å². The molecule has 228 valence electrons. The van der Waals surface area contributed by atoms with Crippen molar-refractivity contribution in [2.24, 2.45) is 0 Å². The smallest absolute Gasteiger partial charge is 0.411 e. The highest BCUT2D eigenvalue weighted by molar-refractivity contribution is 5.89. The quantitative estimate of drug-likeness (QED) is 0.183. The van der Waals surface area contributed by atoms with Crippen LogP contribution in [-0.4, -0.2) is 40.6 Å². The molecule has 3 heterocycles. The second kappa shape index (κ2) is 12.2. The molecule has 0 spiro atoms. The van der Waals surface area contributed by atoms with E-state index in [4.69, 9.17) is 4.74 Å². The van der Waals surface area contributed by atoms with Gasteiger partial charge in [-0.15, -0.1) is 0 Å². The molecule has 0 fully saturated rings. The summed E-state index contributed by atoms with van der Waals surface area (Å²) in [6.45, 7) is 4.38. The normalized spacial score (nSPS) is 17.2. The fourth-order valence-electron chi connectivity index (χ4n) is 5.88. The number of aromatic amines is 1. The maximum Gasteiger partial charge on any atom is 0.411 e. The van der Waals surface area contributed by atoms with Crippen LogP contribution in [0.15, 0.2) is 95.9 Å². The topological polar surface area (TPSA) is 124 Å². The molecular weight excluding hydrogens is 568 g/mol. The molecule has 1 unspecified atom stereocenters. The summed E-state index contributed by atoms with van der Waals surface area (Å²) >= 11 is 0. The van der Waals surface area contributed by atoms with E-state index >= 15 is 0 Å². The molecule has 4 N–H and O–H groups in total. The van der Waals surface area contributed by atoms with Crippen molar-refractivity contribution in [1.29, 1.82) is 0 Å². The van der Waals surface area contributed by atoms with Gasteiger partial charge in [0.2, 0.25) is 5.91 Å². The molecule has 4 aromatic carbocycles. The fraction of sp³-hybridized carbons (Fsp3) is 0.194. The number of nitrogens with zero attached hydrogens (tertiary/aromatic N) is 1. The number of anilines is 2. The van der Waals surface area contributed by atoms with E-state index in [9.17, 15) is 19.5 Å². The van der Waals surface area contributed by atoms with Crippen LogP contribution < -0.4 is 16.2 Å². The van der Waals surface area contributed by atoms with E-state index in [1.165, 1.54) is 0 Å². The van der Waals surface area contributed by atoms with Crippen molar-refractivity contribution in [3.05, 3.63) is 124 Å². The number of aryl methyl sites for hydroxylation is 1. The van der Waals surface area contributed by atoms with Gasteiger partial charge in [0.15, 0.2) is 0 Å². The number of hydrogen-bond acceptors (Lipinski definition) is 6. The van der Waals surface area contributed by atoms with Crippen LogP contribution in [0.2, 0.25) is 0 Å². The SMILES string of the molecule is Cc1cc2ccc1C(C)COC(=O)Nc1ccc(-c3ccc(O)cc3)c(c1)CN(C)C(=O)[C@@H]2Nc1ccc2cc[nH]c(=O)c2c1. The number of likely N-dealkylation sites (N-methyl/N-ethyl adjacent to an activating group) is 1. The van der Waals surface area contributed by atoms with Gasteiger partial charge in [-0.2, -0.15) is 0 Å². The molecule has 0 radical (unpaired) electrons. The minimum Gasteiger partial charge on any atom is -0.508 e. The van der Waals surface area contributed by atoms with Gasteiger partial charge in [0, 0.05) is 42.5 Å². The van der Waals surface area contributed by atoms with Gasteiger partial charge in [0.1, 0.15) is 11.8 Å². The number of amides is 2. The van der Waals surface area contributed by atoms with Crippen LogP contribution in [0.1, 0.15) is 41.1 Å². The standard InChI is InChI=1S/C36H34N4O5/c1-21-16-25-7-12-30(21)22(2)20-45-36(44)39-27-9-13-31(23-5-10-29(41)11-6-23)26(17-27)19-40(3)35(43)33(25)38-28-8-4-24-14-15-37-34(42)32(24)18-28/h4-18,22,33,38,41H,19-20H2,1-3H3,(H,37,42)(H,39,44)/t22?,33-/m1/s1. The first-order valence-corrected chi connectivity index (χ1v) is 14.8. The second-order valence-electron chi connectivity index (χ2n) is 11.5. The van der Waals surface area contributed by atoms with Crippen molar-refractivity contribution in [2.75, 3.05) is 24.3 Å². The molecular formula is C36H34N4O5. The number of carbonyl (C=O) groups excluding carboxylic acids is 2. The molecule has 2 aliphatic heterocycles. The third-order valence-corrected chi connectivity index (χ3v) is 8.27. The van der Waals surface area contributed by atoms with Crippen LogP contribution in [0.4, 0.5) is 16.2 Å². The Morgan fingerprint density at radius 1 is 0.933 bits per heavy atom. The number of pyridine rings is 1. The molecule has 2 atom stereocenters. The number of carbonyl (C=O) groups is 2. The number of phenolic OH excluding ortho intramolecular Hbond substituents is 1. The summed E-state index contributed by atoms with van der Waals surface area (Å²) in [7, 11) is 1.74. The van der Waals surface area contributed by atoms with Gasteiger partial charge in [-0.3, -0.25) is 14.9 Å². The lowest BCUT2D eigenvalue weighted by atomic mass is 9.92. The molecule has 9 nitrogen and oxygen atoms in total. The first-order valence-electron chi connectivity index (χ1n) is 14.8. The number of rotatable bonds is 3. The lowest BCUT2D eigenvalue weighted by molar-refractivity contribution is -0.131. The molecule has 0 saturated heterocycles. The molecule has 5 aromatic rings. The number of benzene rings is 4. The van der Waals surface area contributed by atoms with E-state index in [0.717, 1.165) is 38.8 Å². The number of aromatic nitrogens is 1. The first kappa shape index (κ1) is 29.5. The Morgan fingerprint density at radius 2 is 1.73 bits per heavy atom. The third-order valence-electron chi connectivity index (χ3n) is 8.27. The predicted molar refractivity (Wildman–Crippen MR) is 176 cm³/mol. The zero-order chi connectivity index (χ0) is 31.7. The Kier molecular flexibility index (Phi) is 8.00. The Balaban J connectivity index is 1.44. The summed E-state index contributed by atoms with van der Waals surface area (Å²) in [5.74, 6) is -0.115. The van der Waals surface area contributed by atoms with Crippen molar-refractivity contribution < 1.29 is 19.4 Å². The number of H-pyrrole nitrogens is 1. The van der Waals surface area contributed by atoms with E-state index in [-0.39, 0.29) is 36.3 Å². The number of ether oxygens (including phenoxy) is 1. The fourth-order valence-corrected chi connectivity index (χ4v) is 5.88. The zero-order valence-electron chi connectivity index (χ0n) is 25.3. The number of nitrogens with one attached hydrogen (secondary N) is 3. The van der Waals surface area contributed by atoms with Gasteiger partial charge in [-0.05, 0) is 88.2 Å². The van der Waals surface area contributed by atoms with Gasteiger partial charge in [0.25, 0.3) is 5.56 Å². The highest BCUT2D eigenvalue weighted by Gasteiger charge is 2.27. The minimum atomic E-state index is -0.762. The van der Waals surface area contributed by atoms with Gasteiger partial charge in [-0.1, -0.05) is 49.4 Å². The molecule has 0 saturated carbocycles. The average Bonchev–Trinajstić information content (AvgIpc) is 3.03. The predicted octanol–water partition coefficient (Wildman–Crippen LogP) is 6.69. The summed E-state index contributed by atoms with van der Waals surface area (Å²) in [6, 6.07) is 24.8. The molecule has 2 amide bonds. The number of fused-ring (bicyclic) bond motifs is 10. The first-order chi connectivity index (χ1) is 21.7. The van der Waals surface area contributed by atoms with E-state index < -0.39 is 12.1 Å². The summed E-state index contributed by atoms with van der Waals surface area (Å²) in [5, 5.41) is 17.4. The van der Waals surface area contributed by atoms with Gasteiger partial charge in [0.05, 0.1) is 6.61 Å². The summed E-state index contributed by atoms with van der Waals surface area (Å²) < 4.78 is 5.59. The van der Waals surface area contributed by atoms with E-state index in [2.05, 4.69) is 15.6 Å². The maximum atomic E-state index is 14.4. The van der Waals surface area contributed by atoms with Crippen molar-refractivity contribution in [1.82, 2.24) is 9.88 Å². The Bertz CT molecular complexity index is 1970. The Labute approximate surface area is 260 Å². The van der Waals surface area contributed by atoms with E-state index in [1.807, 2.05) is 62.4 Å². The third kappa shape index (κ3) is 6.24. The van der Waals surface area contributed by atoms with Gasteiger partial charge < -0.3 is 25.0 Å². The molecule has 0 aliphatic carbocycles. The monoisotopic (exact) mass is 602 g/mol. The van der Waals surface area contributed by atoms with Crippen LogP contribution in [0.25, 0.3) is 21.9 Å². The largest absolute Gasteiger partial charge is 0.508 e. The number of aromatic hydroxyl groups is 1. The second-order valence-corrected chi connectivity index (χ2v) is 11.5. The molecule has 1 aromatic heterocycles. The van der Waals surface area contributed by atoms with Crippen LogP contribution in [0, 0.1) is 6.92 Å². The number of hydrogen-bond donors (Lipinski definition) is 4. The van der Waals surface area contributed by atoms with E-state index in [1.54, 1.807) is 54.5 Å². The summed E-state index contributed by atoms with van der Waals surface area (Å²) in [4.78, 5) is 44.0. The van der Waals surface area contributed by atoms with Gasteiger partial charge in [-0.25, -0.2) is 4.79 Å². The van der Waals surface area contributed by atoms with Crippen LogP contribution >= 0.6 is 0 Å². The molecule has 7 rings (SSSR count). The maximum absolute atomic E-state index is 14.4. The minimum absolute atomic E-state index is 0.0814.